The van der Waals surface area contributed by atoms with Crippen LogP contribution in [0.1, 0.15) is 12.8 Å². The van der Waals surface area contributed by atoms with Gasteiger partial charge in [0.2, 0.25) is 5.91 Å². The van der Waals surface area contributed by atoms with E-state index in [2.05, 4.69) is 0 Å². The number of aliphatic carboxylic acids is 4. The van der Waals surface area contributed by atoms with Gasteiger partial charge in [0.15, 0.2) is 0 Å². The Balaban J connectivity index is 0. The van der Waals surface area contributed by atoms with Crippen LogP contribution in [0.25, 0.3) is 0 Å². The third kappa shape index (κ3) is 11.7. The van der Waals surface area contributed by atoms with Crippen LogP contribution in [-0.2, 0) is 24.0 Å². The molecular weight excluding hydrogens is 349 g/mol. The highest BCUT2D eigenvalue weighted by molar-refractivity contribution is 5.89. The minimum Gasteiger partial charge on any atom is -0.481 e. The van der Waals surface area contributed by atoms with Crippen molar-refractivity contribution in [3.63, 3.8) is 0 Å². The van der Waals surface area contributed by atoms with Crippen molar-refractivity contribution in [2.45, 2.75) is 31.1 Å². The highest BCUT2D eigenvalue weighted by Crippen LogP contribution is 2.13. The zero-order valence-corrected chi connectivity index (χ0v) is 11.6. The molecule has 0 fully saturated rings. The van der Waals surface area contributed by atoms with Crippen molar-refractivity contribution >= 4 is 29.8 Å². The molecule has 0 rings (SSSR count). The summed E-state index contributed by atoms with van der Waals surface area (Å²) >= 11 is 0. The number of carboxylic acids is 4. The number of hydrogen-bond acceptors (Lipinski definition) is 6. The van der Waals surface area contributed by atoms with Crippen molar-refractivity contribution in [2.75, 3.05) is 0 Å². The van der Waals surface area contributed by atoms with Crippen molar-refractivity contribution in [2.24, 2.45) is 5.73 Å². The number of nitrogens with one attached hydrogen (secondary N) is 1. The molecule has 0 aliphatic carbocycles. The Morgan fingerprint density at radius 3 is 1.58 bits per heavy atom. The molecule has 14 heteroatoms. The van der Waals surface area contributed by atoms with E-state index < -0.39 is 60.9 Å². The van der Waals surface area contributed by atoms with Crippen LogP contribution in [0.15, 0.2) is 0 Å². The zero-order chi connectivity index (χ0) is 19.7. The number of carboxylic acid groups (broad SMARTS) is 4. The third-order valence-corrected chi connectivity index (χ3v) is 1.98. The second-order valence-corrected chi connectivity index (χ2v) is 4.01. The minimum absolute atomic E-state index is 0.626. The molecule has 0 spiro atoms. The quantitative estimate of drug-likeness (QED) is 0.308. The Hall–Kier alpha value is -2.90. The fraction of sp³-hybridized carbons (Fsp3) is 0.500. The smallest absolute Gasteiger partial charge is 0.481 e. The first-order valence-electron chi connectivity index (χ1n) is 5.70. The molecule has 0 aromatic heterocycles. The van der Waals surface area contributed by atoms with Gasteiger partial charge in [0, 0.05) is 0 Å². The molecule has 0 aliphatic heterocycles. The fourth-order valence-electron chi connectivity index (χ4n) is 0.915. The zero-order valence-electron chi connectivity index (χ0n) is 11.6. The molecule has 0 heterocycles. The summed E-state index contributed by atoms with van der Waals surface area (Å²) in [6.07, 6.45) is -6.51. The molecule has 0 saturated carbocycles. The highest BCUT2D eigenvalue weighted by Gasteiger charge is 2.38. The fourth-order valence-corrected chi connectivity index (χ4v) is 0.915. The van der Waals surface area contributed by atoms with Gasteiger partial charge in [-0.15, -0.1) is 0 Å². The number of halogens is 3. The number of amides is 1. The van der Waals surface area contributed by atoms with Crippen LogP contribution in [0.4, 0.5) is 13.2 Å². The summed E-state index contributed by atoms with van der Waals surface area (Å²) < 4.78 is 31.7. The molecule has 0 aromatic rings. The first kappa shape index (κ1) is 23.4. The molecule has 11 nitrogen and oxygen atoms in total. The van der Waals surface area contributed by atoms with Gasteiger partial charge in [0.05, 0.1) is 12.8 Å². The molecular formula is C10H13F3N2O9. The lowest BCUT2D eigenvalue weighted by molar-refractivity contribution is -0.192. The van der Waals surface area contributed by atoms with Gasteiger partial charge in [-0.2, -0.15) is 13.2 Å². The first-order chi connectivity index (χ1) is 10.7. The van der Waals surface area contributed by atoms with E-state index in [1.165, 1.54) is 0 Å². The molecule has 138 valence electrons. The summed E-state index contributed by atoms with van der Waals surface area (Å²) in [4.78, 5) is 51.2. The lowest BCUT2D eigenvalue weighted by Gasteiger charge is -2.13. The van der Waals surface area contributed by atoms with Crippen LogP contribution in [0, 0.1) is 0 Å². The molecule has 2 atom stereocenters. The Bertz CT molecular complexity index is 506. The van der Waals surface area contributed by atoms with E-state index in [1.807, 2.05) is 5.32 Å². The number of carbonyl (C=O) groups excluding carboxylic acids is 1. The summed E-state index contributed by atoms with van der Waals surface area (Å²) in [6, 6.07) is -3.07. The van der Waals surface area contributed by atoms with E-state index in [9.17, 15) is 32.3 Å². The van der Waals surface area contributed by atoms with Gasteiger partial charge >= 0.3 is 30.1 Å². The van der Waals surface area contributed by atoms with Crippen LogP contribution >= 0.6 is 0 Å². The summed E-state index contributed by atoms with van der Waals surface area (Å²) in [5.74, 6) is -8.03. The average molecular weight is 362 g/mol. The maximum Gasteiger partial charge on any atom is 0.490 e. The van der Waals surface area contributed by atoms with E-state index >= 15 is 0 Å². The number of nitrogens with two attached hydrogens (primary N) is 1. The predicted octanol–water partition coefficient (Wildman–Crippen LogP) is -1.53. The monoisotopic (exact) mass is 362 g/mol. The van der Waals surface area contributed by atoms with Gasteiger partial charge in [0.1, 0.15) is 12.1 Å². The van der Waals surface area contributed by atoms with Crippen LogP contribution in [0.5, 0.6) is 0 Å². The second-order valence-electron chi connectivity index (χ2n) is 4.01. The van der Waals surface area contributed by atoms with Crippen LogP contribution in [-0.4, -0.2) is 68.5 Å². The topological polar surface area (TPSA) is 204 Å². The average Bonchev–Trinajstić information content (AvgIpc) is 2.36. The predicted molar refractivity (Wildman–Crippen MR) is 65.7 cm³/mol. The molecule has 0 aliphatic rings. The van der Waals surface area contributed by atoms with Crippen molar-refractivity contribution in [3.05, 3.63) is 0 Å². The number of alkyl halides is 3. The normalized spacial score (nSPS) is 12.8. The Morgan fingerprint density at radius 1 is 0.917 bits per heavy atom. The van der Waals surface area contributed by atoms with Gasteiger partial charge in [-0.3, -0.25) is 14.4 Å². The maximum atomic E-state index is 11.1. The van der Waals surface area contributed by atoms with E-state index in [0.717, 1.165) is 0 Å². The van der Waals surface area contributed by atoms with Crippen molar-refractivity contribution in [1.82, 2.24) is 5.32 Å². The van der Waals surface area contributed by atoms with Crippen LogP contribution < -0.4 is 11.1 Å². The maximum absolute atomic E-state index is 11.1. The summed E-state index contributed by atoms with van der Waals surface area (Å²) in [7, 11) is 0. The lowest BCUT2D eigenvalue weighted by atomic mass is 10.1. The van der Waals surface area contributed by atoms with Crippen molar-refractivity contribution < 1.29 is 57.6 Å². The van der Waals surface area contributed by atoms with Gasteiger partial charge in [-0.25, -0.2) is 9.59 Å². The van der Waals surface area contributed by atoms with E-state index in [0.29, 0.717) is 0 Å². The Labute approximate surface area is 130 Å². The molecule has 0 unspecified atom stereocenters. The molecule has 1 amide bonds. The standard InChI is InChI=1S/C8H12N2O7.C2HF3O2/c9-3(7(14)15)1-5(11)10-4(8(16)17)2-6(12)13;3-2(4,5)1(6)7/h3-4H,1-2,9H2,(H,10,11)(H,12,13)(H,14,15)(H,16,17);(H,6,7)/t3-,4-;/m1./s1. The first-order valence-corrected chi connectivity index (χ1v) is 5.70. The Kier molecular flexibility index (Phi) is 9.72. The molecule has 24 heavy (non-hydrogen) atoms. The highest BCUT2D eigenvalue weighted by atomic mass is 19.4. The van der Waals surface area contributed by atoms with Crippen molar-refractivity contribution in [1.29, 1.82) is 0 Å². The molecule has 0 radical (unpaired) electrons. The van der Waals surface area contributed by atoms with Gasteiger partial charge in [-0.05, 0) is 0 Å². The van der Waals surface area contributed by atoms with Gasteiger partial charge in [-0.1, -0.05) is 0 Å². The lowest BCUT2D eigenvalue weighted by Crippen LogP contribution is -2.45. The third-order valence-electron chi connectivity index (χ3n) is 1.98. The van der Waals surface area contributed by atoms with Gasteiger partial charge < -0.3 is 31.5 Å². The second kappa shape index (κ2) is 9.98. The van der Waals surface area contributed by atoms with E-state index in [1.54, 1.807) is 0 Å². The summed E-state index contributed by atoms with van der Waals surface area (Å²) in [5, 5.41) is 34.4. The summed E-state index contributed by atoms with van der Waals surface area (Å²) in [6.45, 7) is 0. The van der Waals surface area contributed by atoms with Crippen LogP contribution in [0.2, 0.25) is 0 Å². The minimum atomic E-state index is -5.08. The van der Waals surface area contributed by atoms with Gasteiger partial charge in [0.25, 0.3) is 0 Å². The molecule has 0 saturated heterocycles. The van der Waals surface area contributed by atoms with Crippen molar-refractivity contribution in [3.8, 4) is 0 Å². The van der Waals surface area contributed by atoms with Crippen LogP contribution in [0.3, 0.4) is 0 Å². The summed E-state index contributed by atoms with van der Waals surface area (Å²) in [5.41, 5.74) is 5.05. The molecule has 0 aromatic carbocycles. The van der Waals surface area contributed by atoms with E-state index in [-0.39, 0.29) is 0 Å². The molecule has 7 N–H and O–H groups in total. The molecule has 0 bridgehead atoms. The largest absolute Gasteiger partial charge is 0.490 e. The Morgan fingerprint density at radius 2 is 1.33 bits per heavy atom. The number of rotatable bonds is 7. The SMILES string of the molecule is N[C@H](CC(=O)N[C@H](CC(=O)O)C(=O)O)C(=O)O.O=C(O)C(F)(F)F. The number of carbonyl (C=O) groups is 5. The number of hydrogen-bond donors (Lipinski definition) is 6. The van der Waals surface area contributed by atoms with E-state index in [4.69, 9.17) is 31.0 Å².